The highest BCUT2D eigenvalue weighted by Gasteiger charge is 2.20. The summed E-state index contributed by atoms with van der Waals surface area (Å²) >= 11 is 5.85. The number of hydrogen-bond donors (Lipinski definition) is 2. The molecule has 0 radical (unpaired) electrons. The number of aliphatic carboxylic acids is 1. The number of carbonyl (C=O) groups excluding carboxylic acids is 1. The van der Waals surface area contributed by atoms with E-state index in [1.807, 2.05) is 0 Å². The maximum atomic E-state index is 12.1. The molecular weight excluding hydrogens is 280 g/mol. The molecule has 20 heavy (non-hydrogen) atoms. The largest absolute Gasteiger partial charge is 0.480 e. The van der Waals surface area contributed by atoms with Crippen LogP contribution in [-0.4, -0.2) is 29.7 Å². The predicted molar refractivity (Wildman–Crippen MR) is 77.9 cm³/mol. The second-order valence-corrected chi connectivity index (χ2v) is 4.65. The molecule has 0 aromatic heterocycles. The lowest BCUT2D eigenvalue weighted by atomic mass is 10.2. The Bertz CT molecular complexity index is 539. The van der Waals surface area contributed by atoms with Crippen LogP contribution >= 0.6 is 11.6 Å². The van der Waals surface area contributed by atoms with Gasteiger partial charge in [0, 0.05) is 23.2 Å². The van der Waals surface area contributed by atoms with Crippen molar-refractivity contribution < 1.29 is 14.7 Å². The van der Waals surface area contributed by atoms with Gasteiger partial charge in [0.05, 0.1) is 0 Å². The van der Waals surface area contributed by atoms with Crippen molar-refractivity contribution in [2.45, 2.75) is 19.4 Å². The Morgan fingerprint density at radius 3 is 2.80 bits per heavy atom. The molecule has 1 atom stereocenters. The molecular formula is C14H15ClN2O3. The molecule has 106 valence electrons. The second-order valence-electron chi connectivity index (χ2n) is 4.22. The number of carboxylic acids is 1. The average Bonchev–Trinajstić information content (AvgIpc) is 2.35. The fourth-order valence-corrected chi connectivity index (χ4v) is 1.76. The van der Waals surface area contributed by atoms with Crippen LogP contribution in [0.15, 0.2) is 24.3 Å². The maximum absolute atomic E-state index is 12.1. The summed E-state index contributed by atoms with van der Waals surface area (Å²) in [7, 11) is 0. The van der Waals surface area contributed by atoms with Crippen molar-refractivity contribution in [3.63, 3.8) is 0 Å². The van der Waals surface area contributed by atoms with Gasteiger partial charge in [-0.1, -0.05) is 17.7 Å². The first-order chi connectivity index (χ1) is 9.43. The summed E-state index contributed by atoms with van der Waals surface area (Å²) in [6, 6.07) is 5.64. The number of benzene rings is 1. The molecule has 1 aromatic rings. The summed E-state index contributed by atoms with van der Waals surface area (Å²) < 4.78 is 0. The number of terminal acetylenes is 1. The Kier molecular flexibility index (Phi) is 5.88. The van der Waals surface area contributed by atoms with Gasteiger partial charge < -0.3 is 10.4 Å². The smallest absolute Gasteiger partial charge is 0.323 e. The Labute approximate surface area is 122 Å². The molecule has 1 rings (SSSR count). The minimum atomic E-state index is -1.12. The van der Waals surface area contributed by atoms with Crippen molar-refractivity contribution >= 4 is 29.3 Å². The fraction of sp³-hybridized carbons (Fsp3) is 0.286. The zero-order valence-corrected chi connectivity index (χ0v) is 11.7. The van der Waals surface area contributed by atoms with Crippen molar-refractivity contribution in [2.75, 3.05) is 11.4 Å². The first-order valence-corrected chi connectivity index (χ1v) is 6.30. The van der Waals surface area contributed by atoms with E-state index in [0.29, 0.717) is 17.1 Å². The number of nitrogens with zero attached hydrogens (tertiary/aromatic N) is 1. The van der Waals surface area contributed by atoms with Crippen molar-refractivity contribution in [1.29, 1.82) is 0 Å². The summed E-state index contributed by atoms with van der Waals surface area (Å²) in [5.41, 5.74) is 0.408. The SMILES string of the molecule is C#CCC(C)NC(=O)N(CC(=O)O)c1cccc(Cl)c1. The quantitative estimate of drug-likeness (QED) is 0.819. The number of hydrogen-bond acceptors (Lipinski definition) is 2. The first kappa shape index (κ1) is 15.9. The molecule has 0 saturated heterocycles. The van der Waals surface area contributed by atoms with Gasteiger partial charge in [0.25, 0.3) is 0 Å². The molecule has 0 bridgehead atoms. The fourth-order valence-electron chi connectivity index (χ4n) is 1.58. The molecule has 5 nitrogen and oxygen atoms in total. The van der Waals surface area contributed by atoms with E-state index < -0.39 is 18.5 Å². The van der Waals surface area contributed by atoms with Gasteiger partial charge in [0.1, 0.15) is 6.54 Å². The molecule has 0 saturated carbocycles. The van der Waals surface area contributed by atoms with E-state index in [9.17, 15) is 9.59 Å². The van der Waals surface area contributed by atoms with Crippen LogP contribution in [0.1, 0.15) is 13.3 Å². The number of carboxylic acid groups (broad SMARTS) is 1. The number of amides is 2. The van der Waals surface area contributed by atoms with Crippen molar-refractivity contribution in [1.82, 2.24) is 5.32 Å². The van der Waals surface area contributed by atoms with Crippen molar-refractivity contribution in [3.05, 3.63) is 29.3 Å². The Balaban J connectivity index is 2.92. The molecule has 0 heterocycles. The molecule has 0 aliphatic carbocycles. The van der Waals surface area contributed by atoms with Crippen molar-refractivity contribution in [2.24, 2.45) is 0 Å². The van der Waals surface area contributed by atoms with E-state index in [1.54, 1.807) is 25.1 Å². The molecule has 0 aliphatic heterocycles. The number of nitrogens with one attached hydrogen (secondary N) is 1. The third kappa shape index (κ3) is 4.82. The monoisotopic (exact) mass is 294 g/mol. The summed E-state index contributed by atoms with van der Waals surface area (Å²) in [5, 5.41) is 12.0. The van der Waals surface area contributed by atoms with Crippen LogP contribution in [0.3, 0.4) is 0 Å². The number of rotatable bonds is 5. The standard InChI is InChI=1S/C14H15ClN2O3/c1-3-5-10(2)16-14(20)17(9-13(18)19)12-7-4-6-11(15)8-12/h1,4,6-8,10H,5,9H2,2H3,(H,16,20)(H,18,19). The first-order valence-electron chi connectivity index (χ1n) is 5.93. The van der Waals surface area contributed by atoms with E-state index in [-0.39, 0.29) is 6.04 Å². The minimum absolute atomic E-state index is 0.247. The third-order valence-electron chi connectivity index (χ3n) is 2.45. The van der Waals surface area contributed by atoms with Crippen LogP contribution in [0.4, 0.5) is 10.5 Å². The van der Waals surface area contributed by atoms with E-state index in [4.69, 9.17) is 23.1 Å². The van der Waals surface area contributed by atoms with Gasteiger partial charge in [-0.3, -0.25) is 9.69 Å². The van der Waals surface area contributed by atoms with E-state index in [1.165, 1.54) is 6.07 Å². The summed E-state index contributed by atoms with van der Waals surface area (Å²) in [4.78, 5) is 24.1. The van der Waals surface area contributed by atoms with Crippen molar-refractivity contribution in [3.8, 4) is 12.3 Å². The maximum Gasteiger partial charge on any atom is 0.323 e. The van der Waals surface area contributed by atoms with E-state index in [2.05, 4.69) is 11.2 Å². The van der Waals surface area contributed by atoms with Crippen LogP contribution in [0.5, 0.6) is 0 Å². The lowest BCUT2D eigenvalue weighted by Gasteiger charge is -2.23. The number of urea groups is 1. The van der Waals surface area contributed by atoms with Gasteiger partial charge in [-0.15, -0.1) is 12.3 Å². The van der Waals surface area contributed by atoms with Crippen LogP contribution in [0, 0.1) is 12.3 Å². The van der Waals surface area contributed by atoms with Crippen LogP contribution in [0.2, 0.25) is 5.02 Å². The zero-order chi connectivity index (χ0) is 15.1. The molecule has 1 aromatic carbocycles. The molecule has 0 fully saturated rings. The summed E-state index contributed by atoms with van der Waals surface area (Å²) in [6.07, 6.45) is 5.53. The molecule has 0 aliphatic rings. The van der Waals surface area contributed by atoms with Crippen LogP contribution < -0.4 is 10.2 Å². The Morgan fingerprint density at radius 1 is 1.55 bits per heavy atom. The molecule has 1 unspecified atom stereocenters. The normalized spacial score (nSPS) is 11.2. The molecule has 6 heteroatoms. The predicted octanol–water partition coefficient (Wildman–Crippen LogP) is 2.35. The van der Waals surface area contributed by atoms with Gasteiger partial charge in [0.2, 0.25) is 0 Å². The van der Waals surface area contributed by atoms with Gasteiger partial charge in [-0.05, 0) is 25.1 Å². The lowest BCUT2D eigenvalue weighted by Crippen LogP contribution is -2.46. The highest BCUT2D eigenvalue weighted by molar-refractivity contribution is 6.30. The highest BCUT2D eigenvalue weighted by Crippen LogP contribution is 2.19. The molecule has 2 amide bonds. The van der Waals surface area contributed by atoms with Gasteiger partial charge in [-0.25, -0.2) is 4.79 Å². The number of carbonyl (C=O) groups is 2. The molecule has 0 spiro atoms. The minimum Gasteiger partial charge on any atom is -0.480 e. The van der Waals surface area contributed by atoms with Gasteiger partial charge in [-0.2, -0.15) is 0 Å². The van der Waals surface area contributed by atoms with Crippen LogP contribution in [-0.2, 0) is 4.79 Å². The van der Waals surface area contributed by atoms with Gasteiger partial charge >= 0.3 is 12.0 Å². The van der Waals surface area contributed by atoms with Crippen LogP contribution in [0.25, 0.3) is 0 Å². The Morgan fingerprint density at radius 2 is 2.25 bits per heavy atom. The summed E-state index contributed by atoms with van der Waals surface area (Å²) in [5.74, 6) is 1.31. The highest BCUT2D eigenvalue weighted by atomic mass is 35.5. The van der Waals surface area contributed by atoms with E-state index >= 15 is 0 Å². The summed E-state index contributed by atoms with van der Waals surface area (Å²) in [6.45, 7) is 1.28. The Hall–Kier alpha value is -2.19. The topological polar surface area (TPSA) is 69.6 Å². The zero-order valence-electron chi connectivity index (χ0n) is 11.0. The lowest BCUT2D eigenvalue weighted by molar-refractivity contribution is -0.135. The number of halogens is 1. The van der Waals surface area contributed by atoms with E-state index in [0.717, 1.165) is 4.90 Å². The average molecular weight is 295 g/mol. The number of anilines is 1. The molecule has 2 N–H and O–H groups in total. The third-order valence-corrected chi connectivity index (χ3v) is 2.69. The van der Waals surface area contributed by atoms with Gasteiger partial charge in [0.15, 0.2) is 0 Å². The second kappa shape index (κ2) is 7.41.